The molecule has 1 aliphatic heterocycles. The summed E-state index contributed by atoms with van der Waals surface area (Å²) in [6, 6.07) is 10.1. The third-order valence-electron chi connectivity index (χ3n) is 4.58. The van der Waals surface area contributed by atoms with Crippen molar-refractivity contribution < 1.29 is 14.7 Å². The number of benzene rings is 1. The number of nitrogens with zero attached hydrogens (tertiary/aromatic N) is 2. The minimum Gasteiger partial charge on any atom is -0.497 e. The molecule has 0 unspecified atom stereocenters. The minimum absolute atomic E-state index is 0. The number of rotatable bonds is 7. The van der Waals surface area contributed by atoms with E-state index in [0.717, 1.165) is 31.8 Å². The lowest BCUT2D eigenvalue weighted by Gasteiger charge is -2.18. The van der Waals surface area contributed by atoms with Crippen LogP contribution < -0.4 is 15.5 Å². The minimum atomic E-state index is -0.610. The van der Waals surface area contributed by atoms with E-state index in [1.165, 1.54) is 23.2 Å². The van der Waals surface area contributed by atoms with E-state index >= 15 is 0 Å². The number of hydroxylamine groups is 1. The average molecular weight is 476 g/mol. The third kappa shape index (κ3) is 7.34. The molecule has 3 rings (SSSR count). The zero-order valence-electron chi connectivity index (χ0n) is 16.4. The summed E-state index contributed by atoms with van der Waals surface area (Å²) in [5, 5.41) is 12.4. The van der Waals surface area contributed by atoms with Gasteiger partial charge in [0.05, 0.1) is 12.1 Å². The first kappa shape index (κ1) is 26.0. The van der Waals surface area contributed by atoms with Gasteiger partial charge in [-0.05, 0) is 41.8 Å². The van der Waals surface area contributed by atoms with E-state index in [-0.39, 0.29) is 30.9 Å². The molecule has 1 amide bonds. The molecular formula is C20H25Cl3N4O3. The van der Waals surface area contributed by atoms with Crippen LogP contribution in [0.5, 0.6) is 5.75 Å². The van der Waals surface area contributed by atoms with E-state index in [1.807, 2.05) is 12.1 Å². The van der Waals surface area contributed by atoms with Gasteiger partial charge in [-0.2, -0.15) is 0 Å². The molecule has 2 aromatic rings. The standard InChI is InChI=1S/C20H23ClN4O3.2ClH/c1-28-17-5-2-14(3-6-17)12-25-9-8-16(13-25)23-20-18(21)10-15(11-22-20)4-7-19(26)24-27;;/h2-7,10-11,16,27H,8-9,12-13H2,1H3,(H,22,23)(H,24,26);2*1H/b7-4+;;/t16-;;/m1../s1. The predicted octanol–water partition coefficient (Wildman–Crippen LogP) is 3.79. The molecule has 2 heterocycles. The summed E-state index contributed by atoms with van der Waals surface area (Å²) < 4.78 is 5.20. The number of likely N-dealkylation sites (tertiary alicyclic amines) is 1. The second-order valence-electron chi connectivity index (χ2n) is 6.62. The summed E-state index contributed by atoms with van der Waals surface area (Å²) in [5.74, 6) is 0.878. The number of hydrogen-bond donors (Lipinski definition) is 3. The van der Waals surface area contributed by atoms with Crippen molar-refractivity contribution in [2.45, 2.75) is 19.0 Å². The molecule has 10 heteroatoms. The average Bonchev–Trinajstić information content (AvgIpc) is 3.15. The Morgan fingerprint density at radius 2 is 2.10 bits per heavy atom. The SMILES string of the molecule is COc1ccc(CN2CC[C@@H](Nc3ncc(/C=C/C(=O)NO)cc3Cl)C2)cc1.Cl.Cl. The predicted molar refractivity (Wildman–Crippen MR) is 123 cm³/mol. The normalized spacial score (nSPS) is 15.9. The summed E-state index contributed by atoms with van der Waals surface area (Å²) in [6.45, 7) is 2.79. The number of carbonyl (C=O) groups is 1. The van der Waals surface area contributed by atoms with Crippen LogP contribution in [0, 0.1) is 0 Å². The van der Waals surface area contributed by atoms with E-state index in [1.54, 1.807) is 19.4 Å². The smallest absolute Gasteiger partial charge is 0.267 e. The Balaban J connectivity index is 0.00000225. The summed E-state index contributed by atoms with van der Waals surface area (Å²) in [5.41, 5.74) is 3.46. The molecule has 30 heavy (non-hydrogen) atoms. The van der Waals surface area contributed by atoms with Crippen LogP contribution in [0.25, 0.3) is 6.08 Å². The van der Waals surface area contributed by atoms with Crippen molar-refractivity contribution in [2.75, 3.05) is 25.5 Å². The number of ether oxygens (including phenoxy) is 1. The zero-order chi connectivity index (χ0) is 19.9. The molecule has 0 bridgehead atoms. The van der Waals surface area contributed by atoms with E-state index in [9.17, 15) is 4.79 Å². The number of carbonyl (C=O) groups excluding carboxylic acids is 1. The van der Waals surface area contributed by atoms with Crippen LogP contribution >= 0.6 is 36.4 Å². The number of aromatic nitrogens is 1. The molecule has 3 N–H and O–H groups in total. The van der Waals surface area contributed by atoms with E-state index in [4.69, 9.17) is 21.5 Å². The number of hydrogen-bond acceptors (Lipinski definition) is 6. The molecule has 1 fully saturated rings. The van der Waals surface area contributed by atoms with Crippen molar-refractivity contribution >= 4 is 54.2 Å². The lowest BCUT2D eigenvalue weighted by atomic mass is 10.2. The molecule has 1 atom stereocenters. The van der Waals surface area contributed by atoms with Crippen LogP contribution in [-0.2, 0) is 11.3 Å². The van der Waals surface area contributed by atoms with Gasteiger partial charge in [-0.1, -0.05) is 23.7 Å². The highest BCUT2D eigenvalue weighted by Crippen LogP contribution is 2.24. The monoisotopic (exact) mass is 474 g/mol. The van der Waals surface area contributed by atoms with Gasteiger partial charge < -0.3 is 10.1 Å². The molecular weight excluding hydrogens is 451 g/mol. The van der Waals surface area contributed by atoms with Crippen molar-refractivity contribution in [2.24, 2.45) is 0 Å². The maximum atomic E-state index is 11.0. The van der Waals surface area contributed by atoms with Crippen LogP contribution in [0.3, 0.4) is 0 Å². The first-order valence-electron chi connectivity index (χ1n) is 8.97. The van der Waals surface area contributed by atoms with E-state index in [0.29, 0.717) is 16.4 Å². The van der Waals surface area contributed by atoms with Gasteiger partial charge in [0.1, 0.15) is 11.6 Å². The largest absolute Gasteiger partial charge is 0.497 e. The summed E-state index contributed by atoms with van der Waals surface area (Å²) in [6.07, 6.45) is 5.36. The van der Waals surface area contributed by atoms with E-state index in [2.05, 4.69) is 27.3 Å². The zero-order valence-corrected chi connectivity index (χ0v) is 18.8. The van der Waals surface area contributed by atoms with Crippen molar-refractivity contribution in [3.8, 4) is 5.75 Å². The number of nitrogens with one attached hydrogen (secondary N) is 2. The number of anilines is 1. The molecule has 7 nitrogen and oxygen atoms in total. The third-order valence-corrected chi connectivity index (χ3v) is 4.87. The number of amides is 1. The molecule has 1 saturated heterocycles. The number of pyridine rings is 1. The van der Waals surface area contributed by atoms with Crippen molar-refractivity contribution in [1.29, 1.82) is 0 Å². The van der Waals surface area contributed by atoms with Gasteiger partial charge in [-0.25, -0.2) is 10.5 Å². The molecule has 1 aliphatic rings. The fourth-order valence-corrected chi connectivity index (χ4v) is 3.37. The maximum Gasteiger partial charge on any atom is 0.267 e. The Morgan fingerprint density at radius 3 is 2.73 bits per heavy atom. The van der Waals surface area contributed by atoms with Crippen LogP contribution in [0.1, 0.15) is 17.5 Å². The van der Waals surface area contributed by atoms with Gasteiger partial charge in [0.15, 0.2) is 0 Å². The Kier molecular flexibility index (Phi) is 10.9. The number of halogens is 3. The molecule has 164 valence electrons. The van der Waals surface area contributed by atoms with Crippen molar-refractivity contribution in [3.63, 3.8) is 0 Å². The summed E-state index contributed by atoms with van der Waals surface area (Å²) in [7, 11) is 1.67. The quantitative estimate of drug-likeness (QED) is 0.321. The van der Waals surface area contributed by atoms with Crippen molar-refractivity contribution in [3.05, 3.63) is 58.8 Å². The van der Waals surface area contributed by atoms with Crippen LogP contribution in [-0.4, -0.2) is 47.2 Å². The Labute approximate surface area is 193 Å². The van der Waals surface area contributed by atoms with Crippen LogP contribution in [0.2, 0.25) is 5.02 Å². The van der Waals surface area contributed by atoms with Crippen LogP contribution in [0.15, 0.2) is 42.6 Å². The fourth-order valence-electron chi connectivity index (χ4n) is 3.14. The Hall–Kier alpha value is -2.03. The lowest BCUT2D eigenvalue weighted by Crippen LogP contribution is -2.26. The van der Waals surface area contributed by atoms with Crippen molar-refractivity contribution in [1.82, 2.24) is 15.4 Å². The topological polar surface area (TPSA) is 86.7 Å². The second-order valence-corrected chi connectivity index (χ2v) is 7.03. The number of methoxy groups -OCH3 is 1. The summed E-state index contributed by atoms with van der Waals surface area (Å²) in [4.78, 5) is 17.8. The summed E-state index contributed by atoms with van der Waals surface area (Å²) >= 11 is 6.32. The lowest BCUT2D eigenvalue weighted by molar-refractivity contribution is -0.124. The Bertz CT molecular complexity index is 850. The molecule has 0 aliphatic carbocycles. The van der Waals surface area contributed by atoms with Gasteiger partial charge in [-0.3, -0.25) is 14.9 Å². The highest BCUT2D eigenvalue weighted by atomic mass is 35.5. The molecule has 1 aromatic heterocycles. The highest BCUT2D eigenvalue weighted by molar-refractivity contribution is 6.33. The maximum absolute atomic E-state index is 11.0. The van der Waals surface area contributed by atoms with Gasteiger partial charge >= 0.3 is 0 Å². The first-order valence-corrected chi connectivity index (χ1v) is 9.34. The van der Waals surface area contributed by atoms with Gasteiger partial charge in [-0.15, -0.1) is 24.8 Å². The van der Waals surface area contributed by atoms with Gasteiger partial charge in [0.25, 0.3) is 5.91 Å². The molecule has 0 radical (unpaired) electrons. The first-order chi connectivity index (χ1) is 13.6. The molecule has 0 saturated carbocycles. The van der Waals surface area contributed by atoms with Gasteiger partial charge in [0.2, 0.25) is 0 Å². The van der Waals surface area contributed by atoms with Gasteiger partial charge in [0, 0.05) is 37.9 Å². The Morgan fingerprint density at radius 1 is 1.37 bits per heavy atom. The molecule has 1 aromatic carbocycles. The second kappa shape index (κ2) is 12.6. The molecule has 0 spiro atoms. The van der Waals surface area contributed by atoms with Crippen LogP contribution in [0.4, 0.5) is 5.82 Å². The highest BCUT2D eigenvalue weighted by Gasteiger charge is 2.23. The fraction of sp³-hybridized carbons (Fsp3) is 0.300. The van der Waals surface area contributed by atoms with E-state index < -0.39 is 5.91 Å².